The van der Waals surface area contributed by atoms with E-state index in [1.807, 2.05) is 12.1 Å². The zero-order chi connectivity index (χ0) is 13.7. The van der Waals surface area contributed by atoms with Crippen molar-refractivity contribution in [1.82, 2.24) is 4.90 Å². The van der Waals surface area contributed by atoms with Crippen LogP contribution in [0.5, 0.6) is 0 Å². The number of piperidine rings is 1. The molecule has 2 unspecified atom stereocenters. The van der Waals surface area contributed by atoms with Crippen LogP contribution in [0.25, 0.3) is 0 Å². The number of halogens is 1. The van der Waals surface area contributed by atoms with Crippen LogP contribution < -0.4 is 5.73 Å². The fourth-order valence-electron chi connectivity index (χ4n) is 2.72. The number of thioether (sulfide) groups is 1. The Kier molecular flexibility index (Phi) is 5.67. The van der Waals surface area contributed by atoms with E-state index < -0.39 is 0 Å². The zero-order valence-corrected chi connectivity index (χ0v) is 12.3. The maximum Gasteiger partial charge on any atom is 0.136 e. The van der Waals surface area contributed by atoms with Gasteiger partial charge in [-0.15, -0.1) is 11.8 Å². The molecule has 0 aliphatic carbocycles. The molecule has 106 valence electrons. The molecule has 1 saturated heterocycles. The van der Waals surface area contributed by atoms with Crippen molar-refractivity contribution in [1.29, 1.82) is 0 Å². The van der Waals surface area contributed by atoms with Gasteiger partial charge in [-0.3, -0.25) is 4.90 Å². The van der Waals surface area contributed by atoms with Crippen LogP contribution in [0, 0.1) is 5.82 Å². The maximum absolute atomic E-state index is 13.5. The highest BCUT2D eigenvalue weighted by atomic mass is 32.2. The van der Waals surface area contributed by atoms with Crippen LogP contribution in [0.15, 0.2) is 29.2 Å². The van der Waals surface area contributed by atoms with Crippen LogP contribution in [-0.4, -0.2) is 35.8 Å². The quantitative estimate of drug-likeness (QED) is 0.841. The molecule has 2 atom stereocenters. The van der Waals surface area contributed by atoms with Crippen molar-refractivity contribution in [3.8, 4) is 0 Å². The molecule has 0 saturated carbocycles. The lowest BCUT2D eigenvalue weighted by Crippen LogP contribution is -2.49. The summed E-state index contributed by atoms with van der Waals surface area (Å²) in [7, 11) is 0. The van der Waals surface area contributed by atoms with E-state index in [0.717, 1.165) is 23.7 Å². The lowest BCUT2D eigenvalue weighted by molar-refractivity contribution is 0.139. The van der Waals surface area contributed by atoms with Gasteiger partial charge in [-0.05, 0) is 38.4 Å². The Labute approximate surface area is 119 Å². The van der Waals surface area contributed by atoms with Crippen LogP contribution in [0.3, 0.4) is 0 Å². The summed E-state index contributed by atoms with van der Waals surface area (Å²) in [6.45, 7) is 4.21. The Bertz CT molecular complexity index is 397. The van der Waals surface area contributed by atoms with E-state index in [9.17, 15) is 4.39 Å². The number of hydrogen-bond donors (Lipinski definition) is 1. The minimum absolute atomic E-state index is 0.116. The standard InChI is InChI=1S/C15H23FN2S/c1-12(17)14-7-4-5-9-18(14)10-11-19-15-8-3-2-6-13(15)16/h2-3,6,8,12,14H,4-5,7,9-11,17H2,1H3. The summed E-state index contributed by atoms with van der Waals surface area (Å²) in [6, 6.07) is 7.70. The number of nitrogens with zero attached hydrogens (tertiary/aromatic N) is 1. The lowest BCUT2D eigenvalue weighted by Gasteiger charge is -2.37. The summed E-state index contributed by atoms with van der Waals surface area (Å²) in [5, 5.41) is 0. The van der Waals surface area contributed by atoms with E-state index in [1.165, 1.54) is 25.3 Å². The number of rotatable bonds is 5. The Morgan fingerprint density at radius 3 is 2.95 bits per heavy atom. The molecular formula is C15H23FN2S. The van der Waals surface area contributed by atoms with Crippen LogP contribution in [0.1, 0.15) is 26.2 Å². The molecule has 0 radical (unpaired) electrons. The second kappa shape index (κ2) is 7.27. The third-order valence-electron chi connectivity index (χ3n) is 3.74. The minimum atomic E-state index is -0.116. The van der Waals surface area contributed by atoms with E-state index in [2.05, 4.69) is 11.8 Å². The number of likely N-dealkylation sites (tertiary alicyclic amines) is 1. The Morgan fingerprint density at radius 1 is 1.42 bits per heavy atom. The number of hydrogen-bond acceptors (Lipinski definition) is 3. The average Bonchev–Trinajstić information content (AvgIpc) is 2.41. The van der Waals surface area contributed by atoms with E-state index in [4.69, 9.17) is 5.73 Å². The van der Waals surface area contributed by atoms with Gasteiger partial charge in [0.1, 0.15) is 5.82 Å². The average molecular weight is 282 g/mol. The van der Waals surface area contributed by atoms with Crippen LogP contribution in [0.2, 0.25) is 0 Å². The molecule has 0 bridgehead atoms. The van der Waals surface area contributed by atoms with Gasteiger partial charge in [-0.25, -0.2) is 4.39 Å². The van der Waals surface area contributed by atoms with E-state index in [-0.39, 0.29) is 11.9 Å². The SMILES string of the molecule is CC(N)C1CCCCN1CCSc1ccccc1F. The van der Waals surface area contributed by atoms with Gasteiger partial charge >= 0.3 is 0 Å². The third kappa shape index (κ3) is 4.20. The summed E-state index contributed by atoms with van der Waals surface area (Å²) in [4.78, 5) is 3.22. The predicted octanol–water partition coefficient (Wildman–Crippen LogP) is 3.12. The predicted molar refractivity (Wildman–Crippen MR) is 80.0 cm³/mol. The van der Waals surface area contributed by atoms with Gasteiger partial charge in [0.25, 0.3) is 0 Å². The molecule has 19 heavy (non-hydrogen) atoms. The second-order valence-electron chi connectivity index (χ2n) is 5.24. The van der Waals surface area contributed by atoms with Crippen molar-refractivity contribution < 1.29 is 4.39 Å². The maximum atomic E-state index is 13.5. The molecule has 1 aliphatic rings. The molecule has 0 spiro atoms. The molecule has 2 N–H and O–H groups in total. The smallest absolute Gasteiger partial charge is 0.136 e. The van der Waals surface area contributed by atoms with Crippen molar-refractivity contribution >= 4 is 11.8 Å². The monoisotopic (exact) mass is 282 g/mol. The Balaban J connectivity index is 1.83. The van der Waals surface area contributed by atoms with E-state index in [1.54, 1.807) is 17.8 Å². The third-order valence-corrected chi connectivity index (χ3v) is 4.77. The van der Waals surface area contributed by atoms with Gasteiger partial charge in [-0.1, -0.05) is 18.6 Å². The second-order valence-corrected chi connectivity index (χ2v) is 6.37. The first kappa shape index (κ1) is 14.8. The summed E-state index contributed by atoms with van der Waals surface area (Å²) in [5.41, 5.74) is 6.06. The van der Waals surface area contributed by atoms with Crippen molar-refractivity contribution in [3.63, 3.8) is 0 Å². The zero-order valence-electron chi connectivity index (χ0n) is 11.5. The van der Waals surface area contributed by atoms with Gasteiger partial charge in [0, 0.05) is 29.3 Å². The summed E-state index contributed by atoms with van der Waals surface area (Å²) in [5.74, 6) is 0.805. The molecule has 0 amide bonds. The fraction of sp³-hybridized carbons (Fsp3) is 0.600. The van der Waals surface area contributed by atoms with Crippen molar-refractivity contribution in [2.45, 2.75) is 43.2 Å². The molecule has 2 nitrogen and oxygen atoms in total. The van der Waals surface area contributed by atoms with E-state index in [0.29, 0.717) is 6.04 Å². The largest absolute Gasteiger partial charge is 0.327 e. The minimum Gasteiger partial charge on any atom is -0.327 e. The van der Waals surface area contributed by atoms with Gasteiger partial charge in [0.05, 0.1) is 0 Å². The van der Waals surface area contributed by atoms with Gasteiger partial charge in [-0.2, -0.15) is 0 Å². The highest BCUT2D eigenvalue weighted by Crippen LogP contribution is 2.23. The molecule has 4 heteroatoms. The highest BCUT2D eigenvalue weighted by Gasteiger charge is 2.24. The first-order valence-electron chi connectivity index (χ1n) is 7.05. The fourth-order valence-corrected chi connectivity index (χ4v) is 3.65. The number of benzene rings is 1. The summed E-state index contributed by atoms with van der Waals surface area (Å²) in [6.07, 6.45) is 3.73. The van der Waals surface area contributed by atoms with Gasteiger partial charge in [0.2, 0.25) is 0 Å². The molecule has 1 aromatic carbocycles. The number of nitrogens with two attached hydrogens (primary N) is 1. The normalized spacial score (nSPS) is 22.4. The summed E-state index contributed by atoms with van der Waals surface area (Å²) < 4.78 is 13.5. The topological polar surface area (TPSA) is 29.3 Å². The molecule has 2 rings (SSSR count). The van der Waals surface area contributed by atoms with Gasteiger partial charge < -0.3 is 5.73 Å². The van der Waals surface area contributed by atoms with E-state index >= 15 is 0 Å². The Morgan fingerprint density at radius 2 is 2.21 bits per heavy atom. The highest BCUT2D eigenvalue weighted by molar-refractivity contribution is 7.99. The molecular weight excluding hydrogens is 259 g/mol. The molecule has 1 fully saturated rings. The lowest BCUT2D eigenvalue weighted by atomic mass is 9.97. The van der Waals surface area contributed by atoms with Crippen LogP contribution >= 0.6 is 11.8 Å². The van der Waals surface area contributed by atoms with Crippen molar-refractivity contribution in [3.05, 3.63) is 30.1 Å². The first-order valence-corrected chi connectivity index (χ1v) is 8.04. The first-order chi connectivity index (χ1) is 9.18. The summed E-state index contributed by atoms with van der Waals surface area (Å²) >= 11 is 1.60. The molecule has 1 aromatic rings. The van der Waals surface area contributed by atoms with Crippen LogP contribution in [-0.2, 0) is 0 Å². The molecule has 1 aliphatic heterocycles. The van der Waals surface area contributed by atoms with Crippen molar-refractivity contribution in [2.75, 3.05) is 18.8 Å². The molecule has 0 aromatic heterocycles. The molecule has 1 heterocycles. The van der Waals surface area contributed by atoms with Crippen LogP contribution in [0.4, 0.5) is 4.39 Å². The Hall–Kier alpha value is -0.580. The van der Waals surface area contributed by atoms with Gasteiger partial charge in [0.15, 0.2) is 0 Å². The van der Waals surface area contributed by atoms with Crippen molar-refractivity contribution in [2.24, 2.45) is 5.73 Å².